The predicted octanol–water partition coefficient (Wildman–Crippen LogP) is 4.14. The number of anilines is 1. The summed E-state index contributed by atoms with van der Waals surface area (Å²) < 4.78 is 14.0. The largest absolute Gasteiger partial charge is 0.346 e. The Bertz CT molecular complexity index is 1120. The molecule has 0 radical (unpaired) electrons. The molecule has 5 nitrogen and oxygen atoms in total. The number of benzene rings is 1. The van der Waals surface area contributed by atoms with Crippen molar-refractivity contribution < 1.29 is 9.18 Å². The van der Waals surface area contributed by atoms with Crippen molar-refractivity contribution in [1.29, 1.82) is 0 Å². The molecule has 4 aromatic rings. The van der Waals surface area contributed by atoms with Crippen molar-refractivity contribution in [1.82, 2.24) is 15.0 Å². The van der Waals surface area contributed by atoms with Crippen LogP contribution >= 0.6 is 11.3 Å². The monoisotopic (exact) mass is 352 g/mol. The second-order valence-electron chi connectivity index (χ2n) is 6.15. The number of amides is 1. The highest BCUT2D eigenvalue weighted by Crippen LogP contribution is 2.36. The number of aromatic nitrogens is 3. The lowest BCUT2D eigenvalue weighted by Gasteiger charge is -2.03. The van der Waals surface area contributed by atoms with Gasteiger partial charge in [0.1, 0.15) is 11.8 Å². The van der Waals surface area contributed by atoms with Crippen LogP contribution in [0.2, 0.25) is 0 Å². The van der Waals surface area contributed by atoms with Crippen molar-refractivity contribution in [3.05, 3.63) is 42.7 Å². The Morgan fingerprint density at radius 1 is 1.32 bits per heavy atom. The summed E-state index contributed by atoms with van der Waals surface area (Å²) in [6, 6.07) is 9.98. The van der Waals surface area contributed by atoms with Gasteiger partial charge < -0.3 is 10.3 Å². The molecule has 3 aromatic heterocycles. The second-order valence-corrected chi connectivity index (χ2v) is 7.18. The third kappa shape index (κ3) is 2.47. The van der Waals surface area contributed by atoms with Crippen LogP contribution in [0.1, 0.15) is 6.42 Å². The highest BCUT2D eigenvalue weighted by atomic mass is 32.1. The summed E-state index contributed by atoms with van der Waals surface area (Å²) in [6.07, 6.45) is 2.96. The van der Waals surface area contributed by atoms with Crippen LogP contribution in [0, 0.1) is 5.92 Å². The van der Waals surface area contributed by atoms with Gasteiger partial charge in [0.05, 0.1) is 16.1 Å². The van der Waals surface area contributed by atoms with Crippen LogP contribution in [-0.4, -0.2) is 27.0 Å². The zero-order valence-electron chi connectivity index (χ0n) is 13.0. The van der Waals surface area contributed by atoms with Gasteiger partial charge in [-0.25, -0.2) is 14.4 Å². The number of hydrogen-bond acceptors (Lipinski definition) is 4. The van der Waals surface area contributed by atoms with Gasteiger partial charge in [-0.15, -0.1) is 0 Å². The average Bonchev–Trinajstić information content (AvgIpc) is 3.01. The van der Waals surface area contributed by atoms with Crippen LogP contribution in [-0.2, 0) is 4.79 Å². The fraction of sp³-hybridized carbons (Fsp3) is 0.167. The Hall–Kier alpha value is -2.80. The average molecular weight is 352 g/mol. The molecule has 1 aliphatic rings. The van der Waals surface area contributed by atoms with Gasteiger partial charge in [-0.2, -0.15) is 0 Å². The fourth-order valence-corrected chi connectivity index (χ4v) is 3.90. The minimum atomic E-state index is -1.00. The molecule has 0 spiro atoms. The normalized spacial score (nSPS) is 19.4. The van der Waals surface area contributed by atoms with E-state index in [2.05, 4.69) is 26.3 Å². The first-order chi connectivity index (χ1) is 12.2. The van der Waals surface area contributed by atoms with Gasteiger partial charge in [0.2, 0.25) is 5.91 Å². The number of thiazole rings is 1. The summed E-state index contributed by atoms with van der Waals surface area (Å²) in [5.74, 6) is -0.795. The van der Waals surface area contributed by atoms with Gasteiger partial charge in [-0.1, -0.05) is 17.4 Å². The molecule has 1 saturated carbocycles. The Morgan fingerprint density at radius 3 is 3.04 bits per heavy atom. The number of H-pyrrole nitrogens is 1. The summed E-state index contributed by atoms with van der Waals surface area (Å²) >= 11 is 1.40. The van der Waals surface area contributed by atoms with Gasteiger partial charge in [-0.3, -0.25) is 4.79 Å². The van der Waals surface area contributed by atoms with Gasteiger partial charge in [-0.05, 0) is 41.8 Å². The van der Waals surface area contributed by atoms with E-state index in [1.165, 1.54) is 11.3 Å². The molecule has 7 heteroatoms. The topological polar surface area (TPSA) is 70.7 Å². The molecule has 0 bridgehead atoms. The standard InChI is InChI=1S/C18H13FN4OS/c19-13-8-12(13)17(24)23-18-22-14-2-1-9(7-15(14)25-18)10-3-5-20-16-11(10)4-6-21-16/h1-7,12-13H,8H2,(H,20,21)(H,22,23,24). The number of hydrogen-bond donors (Lipinski definition) is 2. The zero-order valence-corrected chi connectivity index (χ0v) is 13.8. The van der Waals surface area contributed by atoms with E-state index < -0.39 is 12.1 Å². The van der Waals surface area contributed by atoms with Crippen molar-refractivity contribution >= 4 is 43.6 Å². The first kappa shape index (κ1) is 14.5. The maximum atomic E-state index is 13.0. The maximum Gasteiger partial charge on any atom is 0.232 e. The molecule has 124 valence electrons. The van der Waals surface area contributed by atoms with Crippen LogP contribution in [0.3, 0.4) is 0 Å². The van der Waals surface area contributed by atoms with Gasteiger partial charge in [0.15, 0.2) is 5.13 Å². The molecule has 2 atom stereocenters. The number of carbonyl (C=O) groups is 1. The third-order valence-corrected chi connectivity index (χ3v) is 5.37. The van der Waals surface area contributed by atoms with Crippen LogP contribution in [0.5, 0.6) is 0 Å². The SMILES string of the molecule is O=C(Nc1nc2ccc(-c3ccnc4[nH]ccc34)cc2s1)C1CC1F. The molecule has 0 aliphatic heterocycles. The van der Waals surface area contributed by atoms with Gasteiger partial charge >= 0.3 is 0 Å². The number of alkyl halides is 1. The Labute approximate surface area is 145 Å². The molecule has 0 saturated heterocycles. The molecule has 1 amide bonds. The van der Waals surface area contributed by atoms with E-state index in [0.717, 1.165) is 32.4 Å². The van der Waals surface area contributed by atoms with E-state index in [-0.39, 0.29) is 5.91 Å². The Balaban J connectivity index is 1.51. The number of pyridine rings is 1. The molecular formula is C18H13FN4OS. The molecule has 25 heavy (non-hydrogen) atoms. The Morgan fingerprint density at radius 2 is 2.20 bits per heavy atom. The molecule has 2 unspecified atom stereocenters. The number of fused-ring (bicyclic) bond motifs is 2. The van der Waals surface area contributed by atoms with E-state index >= 15 is 0 Å². The molecule has 1 aromatic carbocycles. The number of carbonyl (C=O) groups excluding carboxylic acids is 1. The number of rotatable bonds is 3. The Kier molecular flexibility index (Phi) is 3.11. The number of nitrogens with zero attached hydrogens (tertiary/aromatic N) is 2. The first-order valence-electron chi connectivity index (χ1n) is 7.97. The smallest absolute Gasteiger partial charge is 0.232 e. The quantitative estimate of drug-likeness (QED) is 0.582. The van der Waals surface area contributed by atoms with Crippen molar-refractivity contribution in [3.63, 3.8) is 0 Å². The molecular weight excluding hydrogens is 339 g/mol. The fourth-order valence-electron chi connectivity index (χ4n) is 2.99. The highest BCUT2D eigenvalue weighted by molar-refractivity contribution is 7.22. The van der Waals surface area contributed by atoms with E-state index in [1.54, 1.807) is 6.20 Å². The molecule has 3 heterocycles. The van der Waals surface area contributed by atoms with Crippen molar-refractivity contribution in [2.75, 3.05) is 5.32 Å². The van der Waals surface area contributed by atoms with E-state index in [9.17, 15) is 9.18 Å². The van der Waals surface area contributed by atoms with Crippen LogP contribution in [0.4, 0.5) is 9.52 Å². The lowest BCUT2D eigenvalue weighted by molar-refractivity contribution is -0.117. The molecule has 1 aliphatic carbocycles. The van der Waals surface area contributed by atoms with Crippen LogP contribution in [0.25, 0.3) is 32.4 Å². The lowest BCUT2D eigenvalue weighted by Crippen LogP contribution is -2.14. The van der Waals surface area contributed by atoms with Crippen LogP contribution < -0.4 is 5.32 Å². The molecule has 1 fully saturated rings. The minimum absolute atomic E-state index is 0.282. The van der Waals surface area contributed by atoms with Crippen molar-refractivity contribution in [2.45, 2.75) is 12.6 Å². The molecule has 5 rings (SSSR count). The van der Waals surface area contributed by atoms with E-state index in [4.69, 9.17) is 0 Å². The predicted molar refractivity (Wildman–Crippen MR) is 96.3 cm³/mol. The number of halogens is 1. The highest BCUT2D eigenvalue weighted by Gasteiger charge is 2.43. The summed E-state index contributed by atoms with van der Waals surface area (Å²) in [5.41, 5.74) is 3.81. The van der Waals surface area contributed by atoms with Crippen molar-refractivity contribution in [2.24, 2.45) is 5.92 Å². The second kappa shape index (κ2) is 5.35. The van der Waals surface area contributed by atoms with E-state index in [1.807, 2.05) is 30.5 Å². The van der Waals surface area contributed by atoms with Gasteiger partial charge in [0.25, 0.3) is 0 Å². The van der Waals surface area contributed by atoms with Crippen molar-refractivity contribution in [3.8, 4) is 11.1 Å². The summed E-state index contributed by atoms with van der Waals surface area (Å²) in [5, 5.41) is 4.29. The van der Waals surface area contributed by atoms with Crippen LogP contribution in [0.15, 0.2) is 42.7 Å². The first-order valence-corrected chi connectivity index (χ1v) is 8.79. The number of nitrogens with one attached hydrogen (secondary N) is 2. The summed E-state index contributed by atoms with van der Waals surface area (Å²) in [7, 11) is 0. The zero-order chi connectivity index (χ0) is 17.0. The maximum absolute atomic E-state index is 13.0. The lowest BCUT2D eigenvalue weighted by atomic mass is 10.0. The van der Waals surface area contributed by atoms with Gasteiger partial charge in [0, 0.05) is 17.8 Å². The summed E-state index contributed by atoms with van der Waals surface area (Å²) in [6.45, 7) is 0. The summed E-state index contributed by atoms with van der Waals surface area (Å²) in [4.78, 5) is 23.7. The van der Waals surface area contributed by atoms with E-state index in [0.29, 0.717) is 11.6 Å². The number of aromatic amines is 1. The third-order valence-electron chi connectivity index (χ3n) is 4.44. The minimum Gasteiger partial charge on any atom is -0.346 e. The molecule has 2 N–H and O–H groups in total.